The van der Waals surface area contributed by atoms with E-state index in [2.05, 4.69) is 15.9 Å². The zero-order valence-corrected chi connectivity index (χ0v) is 16.7. The first-order valence-corrected chi connectivity index (χ1v) is 10.4. The molecule has 3 atom stereocenters. The lowest BCUT2D eigenvalue weighted by molar-refractivity contribution is -0.132. The lowest BCUT2D eigenvalue weighted by atomic mass is 9.80. The number of esters is 1. The smallest absolute Gasteiger partial charge is 0.348 e. The molecule has 2 heterocycles. The fraction of sp³-hybridized carbons (Fsp3) is 0.300. The number of carbonyl (C=O) groups excluding carboxylic acids is 2. The van der Waals surface area contributed by atoms with Crippen molar-refractivity contribution in [1.82, 2.24) is 0 Å². The van der Waals surface area contributed by atoms with Crippen LogP contribution in [-0.2, 0) is 14.3 Å². The molecule has 1 aliphatic heterocycles. The number of rotatable bonds is 4. The number of carbonyl (C=O) groups is 2. The maximum absolute atomic E-state index is 12.8. The summed E-state index contributed by atoms with van der Waals surface area (Å²) in [4.78, 5) is 25.5. The minimum absolute atomic E-state index is 0.0648. The third kappa shape index (κ3) is 3.94. The highest BCUT2D eigenvalue weighted by Gasteiger charge is 2.42. The van der Waals surface area contributed by atoms with Crippen molar-refractivity contribution in [3.05, 3.63) is 63.1 Å². The Balaban J connectivity index is 1.40. The van der Waals surface area contributed by atoms with Crippen molar-refractivity contribution >= 4 is 39.0 Å². The number of para-hydroxylation sites is 1. The summed E-state index contributed by atoms with van der Waals surface area (Å²) in [5, 5.41) is 1.84. The predicted octanol–water partition coefficient (Wildman–Crippen LogP) is 4.72. The second kappa shape index (κ2) is 7.86. The van der Waals surface area contributed by atoms with Gasteiger partial charge in [-0.3, -0.25) is 4.79 Å². The molecule has 140 valence electrons. The van der Waals surface area contributed by atoms with Crippen molar-refractivity contribution in [1.29, 1.82) is 0 Å². The maximum atomic E-state index is 12.8. The second-order valence-corrected chi connectivity index (χ2v) is 8.28. The van der Waals surface area contributed by atoms with E-state index in [0.717, 1.165) is 4.47 Å². The van der Waals surface area contributed by atoms with E-state index in [-0.39, 0.29) is 35.6 Å². The van der Waals surface area contributed by atoms with Crippen LogP contribution < -0.4 is 4.74 Å². The summed E-state index contributed by atoms with van der Waals surface area (Å²) in [6.45, 7) is 0. The van der Waals surface area contributed by atoms with E-state index in [0.29, 0.717) is 29.9 Å². The first-order chi connectivity index (χ1) is 13.1. The number of benzene rings is 1. The Morgan fingerprint density at radius 1 is 1.19 bits per heavy atom. The Bertz CT molecular complexity index is 876. The van der Waals surface area contributed by atoms with Gasteiger partial charge in [0.15, 0.2) is 0 Å². The molecule has 0 spiro atoms. The number of Topliss-reactive ketones (excluding diaryl/α,β-unsaturated/α-hetero) is 1. The Hall–Kier alpha value is -2.12. The first-order valence-electron chi connectivity index (χ1n) is 8.68. The summed E-state index contributed by atoms with van der Waals surface area (Å²) in [6, 6.07) is 10.9. The summed E-state index contributed by atoms with van der Waals surface area (Å²) < 4.78 is 17.9. The van der Waals surface area contributed by atoms with Crippen LogP contribution in [0.25, 0.3) is 0 Å². The fourth-order valence-corrected chi connectivity index (χ4v) is 4.34. The molecule has 0 saturated heterocycles. The number of ketones is 1. The van der Waals surface area contributed by atoms with E-state index >= 15 is 0 Å². The van der Waals surface area contributed by atoms with E-state index < -0.39 is 0 Å². The number of hydrogen-bond donors (Lipinski definition) is 0. The Labute approximate surface area is 169 Å². The van der Waals surface area contributed by atoms with Gasteiger partial charge in [0.25, 0.3) is 0 Å². The highest BCUT2D eigenvalue weighted by molar-refractivity contribution is 9.10. The highest BCUT2D eigenvalue weighted by Crippen LogP contribution is 2.36. The molecular formula is C20H17BrO5S. The van der Waals surface area contributed by atoms with Gasteiger partial charge in [-0.2, -0.15) is 0 Å². The first kappa shape index (κ1) is 18.3. The lowest BCUT2D eigenvalue weighted by Gasteiger charge is -2.36. The van der Waals surface area contributed by atoms with Gasteiger partial charge in [0, 0.05) is 6.42 Å². The van der Waals surface area contributed by atoms with E-state index in [4.69, 9.17) is 14.2 Å². The van der Waals surface area contributed by atoms with Crippen molar-refractivity contribution in [3.63, 3.8) is 0 Å². The maximum Gasteiger partial charge on any atom is 0.348 e. The van der Waals surface area contributed by atoms with Gasteiger partial charge in [-0.05, 0) is 52.4 Å². The molecule has 1 aromatic heterocycles. The number of ether oxygens (including phenoxy) is 3. The molecule has 2 aromatic rings. The Morgan fingerprint density at radius 2 is 2.04 bits per heavy atom. The van der Waals surface area contributed by atoms with Gasteiger partial charge in [0.2, 0.25) is 11.5 Å². The van der Waals surface area contributed by atoms with E-state index in [1.54, 1.807) is 12.1 Å². The van der Waals surface area contributed by atoms with Gasteiger partial charge in [0.05, 0.1) is 10.4 Å². The van der Waals surface area contributed by atoms with Crippen molar-refractivity contribution in [3.8, 4) is 5.75 Å². The SMILES string of the molecule is O=C(OC1CCC2C(=O)C(Oc3ccccc3Br)=COC2C1)c1cccs1. The van der Waals surface area contributed by atoms with Crippen LogP contribution in [0.5, 0.6) is 5.75 Å². The van der Waals surface area contributed by atoms with Crippen LogP contribution in [0, 0.1) is 5.92 Å². The summed E-state index contributed by atoms with van der Waals surface area (Å²) in [6.07, 6.45) is 2.59. The van der Waals surface area contributed by atoms with Gasteiger partial charge >= 0.3 is 5.97 Å². The predicted molar refractivity (Wildman–Crippen MR) is 104 cm³/mol. The van der Waals surface area contributed by atoms with Crippen LogP contribution >= 0.6 is 27.3 Å². The molecule has 7 heteroatoms. The quantitative estimate of drug-likeness (QED) is 0.632. The molecule has 1 aliphatic carbocycles. The van der Waals surface area contributed by atoms with E-state index in [1.807, 2.05) is 29.6 Å². The van der Waals surface area contributed by atoms with Crippen LogP contribution in [0.3, 0.4) is 0 Å². The van der Waals surface area contributed by atoms with E-state index in [9.17, 15) is 9.59 Å². The molecule has 0 N–H and O–H groups in total. The van der Waals surface area contributed by atoms with Gasteiger partial charge in [-0.25, -0.2) is 4.79 Å². The van der Waals surface area contributed by atoms with Gasteiger partial charge < -0.3 is 14.2 Å². The lowest BCUT2D eigenvalue weighted by Crippen LogP contribution is -2.43. The van der Waals surface area contributed by atoms with Crippen molar-refractivity contribution in [2.45, 2.75) is 31.5 Å². The zero-order chi connectivity index (χ0) is 18.8. The average Bonchev–Trinajstić information content (AvgIpc) is 3.21. The minimum Gasteiger partial charge on any atom is -0.493 e. The van der Waals surface area contributed by atoms with Crippen molar-refractivity contribution < 1.29 is 23.8 Å². The van der Waals surface area contributed by atoms with Crippen molar-refractivity contribution in [2.75, 3.05) is 0 Å². The number of halogens is 1. The van der Waals surface area contributed by atoms with Crippen LogP contribution in [0.2, 0.25) is 0 Å². The van der Waals surface area contributed by atoms with Crippen LogP contribution in [0.15, 0.2) is 58.3 Å². The molecule has 1 saturated carbocycles. The molecule has 0 bridgehead atoms. The second-order valence-electron chi connectivity index (χ2n) is 6.48. The number of thiophene rings is 1. The Kier molecular flexibility index (Phi) is 5.31. The number of allylic oxidation sites excluding steroid dienone is 1. The summed E-state index contributed by atoms with van der Waals surface area (Å²) in [7, 11) is 0. The van der Waals surface area contributed by atoms with Crippen LogP contribution in [-0.4, -0.2) is 24.0 Å². The summed E-state index contributed by atoms with van der Waals surface area (Å²) >= 11 is 4.76. The molecule has 0 radical (unpaired) electrons. The molecule has 0 amide bonds. The number of fused-ring (bicyclic) bond motifs is 1. The normalized spacial score (nSPS) is 24.4. The number of hydrogen-bond acceptors (Lipinski definition) is 6. The molecule has 4 rings (SSSR count). The van der Waals surface area contributed by atoms with Gasteiger partial charge in [0.1, 0.15) is 29.1 Å². The van der Waals surface area contributed by atoms with E-state index in [1.165, 1.54) is 17.6 Å². The summed E-state index contributed by atoms with van der Waals surface area (Å²) in [5.74, 6) is 0.119. The fourth-order valence-electron chi connectivity index (χ4n) is 3.36. The zero-order valence-electron chi connectivity index (χ0n) is 14.3. The minimum atomic E-state index is -0.316. The molecule has 3 unspecified atom stereocenters. The molecular weight excluding hydrogens is 432 g/mol. The molecule has 1 fully saturated rings. The molecule has 1 aromatic carbocycles. The van der Waals surface area contributed by atoms with Gasteiger partial charge in [-0.15, -0.1) is 11.3 Å². The largest absolute Gasteiger partial charge is 0.493 e. The topological polar surface area (TPSA) is 61.8 Å². The Morgan fingerprint density at radius 3 is 2.81 bits per heavy atom. The summed E-state index contributed by atoms with van der Waals surface area (Å²) in [5.41, 5.74) is 0. The van der Waals surface area contributed by atoms with Gasteiger partial charge in [-0.1, -0.05) is 18.2 Å². The molecule has 27 heavy (non-hydrogen) atoms. The van der Waals surface area contributed by atoms with Crippen LogP contribution in [0.4, 0.5) is 0 Å². The molecule has 2 aliphatic rings. The molecule has 5 nitrogen and oxygen atoms in total. The highest BCUT2D eigenvalue weighted by atomic mass is 79.9. The third-order valence-electron chi connectivity index (χ3n) is 4.73. The van der Waals surface area contributed by atoms with Crippen LogP contribution in [0.1, 0.15) is 28.9 Å². The third-order valence-corrected chi connectivity index (χ3v) is 6.23. The monoisotopic (exact) mass is 448 g/mol. The van der Waals surface area contributed by atoms with Crippen molar-refractivity contribution in [2.24, 2.45) is 5.92 Å². The average molecular weight is 449 g/mol. The standard InChI is InChI=1S/C20H17BrO5S/c21-14-4-1-2-5-15(14)26-17-11-24-16-10-12(7-8-13(16)19(17)22)25-20(23)18-6-3-9-27-18/h1-6,9,11-13,16H,7-8,10H2.